The number of anilines is 1. The van der Waals surface area contributed by atoms with Crippen molar-refractivity contribution in [2.75, 3.05) is 31.1 Å². The number of hydrogen-bond donors (Lipinski definition) is 3. The molecule has 1 heterocycles. The number of nitrogens with one attached hydrogen (secondary N) is 2. The second kappa shape index (κ2) is 10.7. The van der Waals surface area contributed by atoms with Crippen LogP contribution in [-0.2, 0) is 6.42 Å². The smallest absolute Gasteiger partial charge is 0.387 e. The van der Waals surface area contributed by atoms with Gasteiger partial charge in [-0.3, -0.25) is 4.99 Å². The van der Waals surface area contributed by atoms with Crippen LogP contribution >= 0.6 is 0 Å². The van der Waals surface area contributed by atoms with Crippen molar-refractivity contribution in [1.82, 2.24) is 10.6 Å². The molecule has 1 aliphatic heterocycles. The number of rotatable bonds is 8. The van der Waals surface area contributed by atoms with Gasteiger partial charge in [0.15, 0.2) is 5.96 Å². The molecule has 1 atom stereocenters. The second-order valence-corrected chi connectivity index (χ2v) is 7.10. The highest BCUT2D eigenvalue weighted by Gasteiger charge is 2.26. The van der Waals surface area contributed by atoms with E-state index in [1.807, 2.05) is 30.0 Å². The summed E-state index contributed by atoms with van der Waals surface area (Å²) >= 11 is 0. The number of para-hydroxylation sites is 2. The first kappa shape index (κ1) is 21.7. The van der Waals surface area contributed by atoms with E-state index in [-0.39, 0.29) is 17.5 Å². The summed E-state index contributed by atoms with van der Waals surface area (Å²) in [5, 5.41) is 16.2. The number of phenols is 1. The van der Waals surface area contributed by atoms with Gasteiger partial charge >= 0.3 is 6.61 Å². The zero-order valence-corrected chi connectivity index (χ0v) is 17.0. The first-order valence-corrected chi connectivity index (χ1v) is 10.2. The van der Waals surface area contributed by atoms with E-state index in [1.54, 1.807) is 30.3 Å². The Morgan fingerprint density at radius 1 is 1.27 bits per heavy atom. The topological polar surface area (TPSA) is 69.1 Å². The Hall–Kier alpha value is -3.03. The Bertz CT molecular complexity index is 847. The molecular formula is C22H28F2N4O2. The molecule has 1 aliphatic rings. The van der Waals surface area contributed by atoms with Crippen LogP contribution in [0.5, 0.6) is 11.5 Å². The SMILES string of the molecule is CCNC(=NCCc1cccc(O)c1)NC1CCN(c2ccccc2OC(F)F)C1. The average Bonchev–Trinajstić information content (AvgIpc) is 3.16. The monoisotopic (exact) mass is 418 g/mol. The quantitative estimate of drug-likeness (QED) is 0.453. The summed E-state index contributed by atoms with van der Waals surface area (Å²) in [4.78, 5) is 6.67. The van der Waals surface area contributed by atoms with Crippen LogP contribution in [0.3, 0.4) is 0 Å². The van der Waals surface area contributed by atoms with Crippen molar-refractivity contribution in [3.05, 3.63) is 54.1 Å². The van der Waals surface area contributed by atoms with Crippen molar-refractivity contribution in [3.63, 3.8) is 0 Å². The molecule has 0 saturated carbocycles. The van der Waals surface area contributed by atoms with E-state index in [4.69, 9.17) is 0 Å². The van der Waals surface area contributed by atoms with Crippen LogP contribution in [0, 0.1) is 0 Å². The number of ether oxygens (including phenoxy) is 1. The molecule has 0 radical (unpaired) electrons. The van der Waals surface area contributed by atoms with Gasteiger partial charge in [0.25, 0.3) is 0 Å². The van der Waals surface area contributed by atoms with Crippen LogP contribution in [0.4, 0.5) is 14.5 Å². The molecule has 8 heteroatoms. The Balaban J connectivity index is 1.58. The molecule has 0 aliphatic carbocycles. The molecule has 2 aromatic carbocycles. The van der Waals surface area contributed by atoms with E-state index in [2.05, 4.69) is 20.4 Å². The lowest BCUT2D eigenvalue weighted by Gasteiger charge is -2.22. The molecule has 6 nitrogen and oxygen atoms in total. The van der Waals surface area contributed by atoms with Crippen molar-refractivity contribution in [3.8, 4) is 11.5 Å². The first-order valence-electron chi connectivity index (χ1n) is 10.2. The minimum absolute atomic E-state index is 0.142. The number of aliphatic imine (C=N–C) groups is 1. The summed E-state index contributed by atoms with van der Waals surface area (Å²) < 4.78 is 30.1. The molecule has 0 spiro atoms. The third-order valence-corrected chi connectivity index (χ3v) is 4.88. The summed E-state index contributed by atoms with van der Waals surface area (Å²) in [5.74, 6) is 1.17. The minimum Gasteiger partial charge on any atom is -0.508 e. The van der Waals surface area contributed by atoms with Gasteiger partial charge in [0.1, 0.15) is 11.5 Å². The Morgan fingerprint density at radius 2 is 2.10 bits per heavy atom. The zero-order valence-electron chi connectivity index (χ0n) is 17.0. The van der Waals surface area contributed by atoms with Gasteiger partial charge in [-0.2, -0.15) is 8.78 Å². The Labute approximate surface area is 175 Å². The van der Waals surface area contributed by atoms with E-state index in [9.17, 15) is 13.9 Å². The van der Waals surface area contributed by atoms with Gasteiger partial charge in [-0.1, -0.05) is 24.3 Å². The lowest BCUT2D eigenvalue weighted by atomic mass is 10.1. The summed E-state index contributed by atoms with van der Waals surface area (Å²) in [5.41, 5.74) is 1.70. The van der Waals surface area contributed by atoms with Crippen molar-refractivity contribution in [2.24, 2.45) is 4.99 Å². The third kappa shape index (κ3) is 6.23. The second-order valence-electron chi connectivity index (χ2n) is 7.10. The Morgan fingerprint density at radius 3 is 2.87 bits per heavy atom. The standard InChI is InChI=1S/C22H28F2N4O2/c1-2-25-22(26-12-10-16-6-5-7-18(29)14-16)27-17-11-13-28(15-17)19-8-3-4-9-20(19)30-21(23)24/h3-9,14,17,21,29H,2,10-13,15H2,1H3,(H2,25,26,27). The molecule has 30 heavy (non-hydrogen) atoms. The number of hydrogen-bond acceptors (Lipinski definition) is 4. The van der Waals surface area contributed by atoms with E-state index >= 15 is 0 Å². The molecular weight excluding hydrogens is 390 g/mol. The van der Waals surface area contributed by atoms with E-state index < -0.39 is 6.61 Å². The van der Waals surface area contributed by atoms with Gasteiger partial charge in [0, 0.05) is 32.2 Å². The van der Waals surface area contributed by atoms with Gasteiger partial charge in [0.2, 0.25) is 0 Å². The van der Waals surface area contributed by atoms with E-state index in [0.717, 1.165) is 37.5 Å². The first-order chi connectivity index (χ1) is 14.5. The fourth-order valence-corrected chi connectivity index (χ4v) is 3.53. The molecule has 2 aromatic rings. The van der Waals surface area contributed by atoms with Gasteiger partial charge in [0.05, 0.1) is 5.69 Å². The fourth-order valence-electron chi connectivity index (χ4n) is 3.53. The van der Waals surface area contributed by atoms with Gasteiger partial charge in [-0.05, 0) is 49.6 Å². The summed E-state index contributed by atoms with van der Waals surface area (Å²) in [7, 11) is 0. The highest BCUT2D eigenvalue weighted by molar-refractivity contribution is 5.80. The lowest BCUT2D eigenvalue weighted by molar-refractivity contribution is -0.0495. The third-order valence-electron chi connectivity index (χ3n) is 4.88. The predicted octanol–water partition coefficient (Wildman–Crippen LogP) is 3.37. The molecule has 1 saturated heterocycles. The maximum absolute atomic E-state index is 12.7. The Kier molecular flexibility index (Phi) is 7.70. The minimum atomic E-state index is -2.85. The van der Waals surface area contributed by atoms with Crippen LogP contribution in [0.15, 0.2) is 53.5 Å². The fraction of sp³-hybridized carbons (Fsp3) is 0.409. The zero-order chi connectivity index (χ0) is 21.3. The largest absolute Gasteiger partial charge is 0.508 e. The van der Waals surface area contributed by atoms with Gasteiger partial charge in [-0.25, -0.2) is 0 Å². The maximum Gasteiger partial charge on any atom is 0.387 e. The van der Waals surface area contributed by atoms with E-state index in [0.29, 0.717) is 18.8 Å². The van der Waals surface area contributed by atoms with Gasteiger partial charge < -0.3 is 25.4 Å². The summed E-state index contributed by atoms with van der Waals surface area (Å²) in [6, 6.07) is 14.2. The molecule has 0 amide bonds. The molecule has 0 bridgehead atoms. The van der Waals surface area contributed by atoms with Crippen LogP contribution < -0.4 is 20.3 Å². The molecule has 1 fully saturated rings. The number of alkyl halides is 2. The normalized spacial score (nSPS) is 16.7. The van der Waals surface area contributed by atoms with Crippen molar-refractivity contribution in [1.29, 1.82) is 0 Å². The summed E-state index contributed by atoms with van der Waals surface area (Å²) in [6.07, 6.45) is 1.58. The molecule has 3 rings (SSSR count). The number of guanidine groups is 1. The van der Waals surface area contributed by atoms with Crippen LogP contribution in [0.25, 0.3) is 0 Å². The number of nitrogens with zero attached hydrogens (tertiary/aromatic N) is 2. The highest BCUT2D eigenvalue weighted by Crippen LogP contribution is 2.31. The van der Waals surface area contributed by atoms with Crippen molar-refractivity contribution < 1.29 is 18.6 Å². The van der Waals surface area contributed by atoms with Crippen molar-refractivity contribution >= 4 is 11.6 Å². The average molecular weight is 418 g/mol. The van der Waals surface area contributed by atoms with Crippen LogP contribution in [0.1, 0.15) is 18.9 Å². The van der Waals surface area contributed by atoms with Crippen LogP contribution in [0.2, 0.25) is 0 Å². The highest BCUT2D eigenvalue weighted by atomic mass is 19.3. The molecule has 1 unspecified atom stereocenters. The number of aromatic hydroxyl groups is 1. The number of phenolic OH excluding ortho intramolecular Hbond substituents is 1. The lowest BCUT2D eigenvalue weighted by Crippen LogP contribution is -2.44. The van der Waals surface area contributed by atoms with Crippen molar-refractivity contribution in [2.45, 2.75) is 32.4 Å². The molecule has 0 aromatic heterocycles. The molecule has 3 N–H and O–H groups in total. The van der Waals surface area contributed by atoms with Crippen LogP contribution in [-0.4, -0.2) is 49.9 Å². The number of halogens is 2. The van der Waals surface area contributed by atoms with E-state index in [1.165, 1.54) is 0 Å². The molecule has 162 valence electrons. The van der Waals surface area contributed by atoms with Gasteiger partial charge in [-0.15, -0.1) is 0 Å². The predicted molar refractivity (Wildman–Crippen MR) is 115 cm³/mol. The number of benzene rings is 2. The maximum atomic E-state index is 12.7. The summed E-state index contributed by atoms with van der Waals surface area (Å²) in [6.45, 7) is 1.89.